The Morgan fingerprint density at radius 3 is 2.30 bits per heavy atom. The summed E-state index contributed by atoms with van der Waals surface area (Å²) in [4.78, 5) is 31.1. The quantitative estimate of drug-likeness (QED) is 0.249. The average Bonchev–Trinajstić information content (AvgIpc) is 2.90. The number of nitrogens with one attached hydrogen (secondary N) is 2. The van der Waals surface area contributed by atoms with Gasteiger partial charge in [0.25, 0.3) is 5.56 Å². The van der Waals surface area contributed by atoms with Gasteiger partial charge in [0, 0.05) is 17.1 Å². The second kappa shape index (κ2) is 10.9. The summed E-state index contributed by atoms with van der Waals surface area (Å²) in [6.45, 7) is 0.339. The van der Waals surface area contributed by atoms with Crippen molar-refractivity contribution in [2.45, 2.75) is 13.0 Å². The number of urea groups is 1. The van der Waals surface area contributed by atoms with Gasteiger partial charge in [-0.2, -0.15) is 0 Å². The van der Waals surface area contributed by atoms with E-state index in [1.165, 1.54) is 0 Å². The Kier molecular flexibility index (Phi) is 7.21. The summed E-state index contributed by atoms with van der Waals surface area (Å²) < 4.78 is 1.67. The monoisotopic (exact) mass is 528 g/mol. The van der Waals surface area contributed by atoms with Crippen LogP contribution in [0.1, 0.15) is 17.0 Å². The maximum Gasteiger partial charge on any atom is 0.323 e. The average molecular weight is 529 g/mol. The maximum atomic E-state index is 13.7. The highest BCUT2D eigenvalue weighted by Gasteiger charge is 2.14. The number of benzene rings is 4. The molecule has 5 rings (SSSR count). The molecule has 1 aromatic heterocycles. The fraction of sp³-hybridized carbons (Fsp3) is 0.0690. The highest BCUT2D eigenvalue weighted by atomic mass is 35.5. The van der Waals surface area contributed by atoms with E-state index in [2.05, 4.69) is 10.6 Å². The lowest BCUT2D eigenvalue weighted by Crippen LogP contribution is -2.26. The highest BCUT2D eigenvalue weighted by Crippen LogP contribution is 2.22. The van der Waals surface area contributed by atoms with Crippen LogP contribution in [0.15, 0.2) is 102 Å². The molecule has 0 fully saturated rings. The Morgan fingerprint density at radius 2 is 1.54 bits per heavy atom. The minimum atomic E-state index is -0.470. The Labute approximate surface area is 223 Å². The summed E-state index contributed by atoms with van der Waals surface area (Å²) in [5, 5.41) is 6.94. The fourth-order valence-electron chi connectivity index (χ4n) is 4.04. The zero-order chi connectivity index (χ0) is 25.8. The molecule has 2 amide bonds. The van der Waals surface area contributed by atoms with Crippen molar-refractivity contribution in [2.24, 2.45) is 0 Å². The van der Waals surface area contributed by atoms with Crippen LogP contribution in [0.25, 0.3) is 10.9 Å². The van der Waals surface area contributed by atoms with Gasteiger partial charge in [-0.25, -0.2) is 9.78 Å². The molecule has 8 heteroatoms. The molecule has 5 aromatic rings. The summed E-state index contributed by atoms with van der Waals surface area (Å²) >= 11 is 12.2. The predicted octanol–water partition coefficient (Wildman–Crippen LogP) is 6.99. The van der Waals surface area contributed by atoms with Gasteiger partial charge < -0.3 is 10.6 Å². The van der Waals surface area contributed by atoms with E-state index < -0.39 is 6.03 Å². The predicted molar refractivity (Wildman–Crippen MR) is 150 cm³/mol. The third kappa shape index (κ3) is 5.82. The van der Waals surface area contributed by atoms with Crippen LogP contribution in [0.4, 0.5) is 16.2 Å². The number of aromatic nitrogens is 2. The van der Waals surface area contributed by atoms with Crippen molar-refractivity contribution >= 4 is 51.5 Å². The first-order chi connectivity index (χ1) is 18.0. The van der Waals surface area contributed by atoms with Gasteiger partial charge in [0.05, 0.1) is 28.2 Å². The van der Waals surface area contributed by atoms with Crippen LogP contribution in [0.2, 0.25) is 10.0 Å². The number of fused-ring (bicyclic) bond motifs is 1. The van der Waals surface area contributed by atoms with E-state index in [0.717, 1.165) is 11.1 Å². The number of amides is 2. The van der Waals surface area contributed by atoms with Crippen LogP contribution in [-0.2, 0) is 13.0 Å². The van der Waals surface area contributed by atoms with Gasteiger partial charge in [0.1, 0.15) is 5.82 Å². The molecule has 2 N–H and O–H groups in total. The molecule has 184 valence electrons. The smallest absolute Gasteiger partial charge is 0.308 e. The van der Waals surface area contributed by atoms with E-state index in [-0.39, 0.29) is 5.56 Å². The van der Waals surface area contributed by atoms with Crippen LogP contribution in [-0.4, -0.2) is 15.6 Å². The van der Waals surface area contributed by atoms with Crippen molar-refractivity contribution in [3.8, 4) is 0 Å². The molecule has 1 heterocycles. The molecule has 0 radical (unpaired) electrons. The van der Waals surface area contributed by atoms with Crippen LogP contribution in [0.3, 0.4) is 0 Å². The Balaban J connectivity index is 1.50. The van der Waals surface area contributed by atoms with Crippen molar-refractivity contribution in [3.63, 3.8) is 0 Å². The first kappa shape index (κ1) is 24.6. The number of rotatable bonds is 6. The summed E-state index contributed by atoms with van der Waals surface area (Å²) in [5.74, 6) is 0.649. The molecule has 0 saturated heterocycles. The normalized spacial score (nSPS) is 10.9. The number of halogens is 2. The molecule has 0 aliphatic rings. The van der Waals surface area contributed by atoms with Crippen molar-refractivity contribution in [3.05, 3.63) is 134 Å². The van der Waals surface area contributed by atoms with Crippen LogP contribution in [0.5, 0.6) is 0 Å². The number of para-hydroxylation sites is 1. The first-order valence-corrected chi connectivity index (χ1v) is 12.4. The van der Waals surface area contributed by atoms with Crippen molar-refractivity contribution in [1.29, 1.82) is 0 Å². The third-order valence-corrected chi connectivity index (χ3v) is 6.45. The summed E-state index contributed by atoms with van der Waals surface area (Å²) in [6, 6.07) is 28.9. The van der Waals surface area contributed by atoms with Gasteiger partial charge in [-0.3, -0.25) is 9.36 Å². The minimum absolute atomic E-state index is 0.193. The molecule has 4 aromatic carbocycles. The van der Waals surface area contributed by atoms with E-state index in [4.69, 9.17) is 28.2 Å². The molecule has 0 unspecified atom stereocenters. The number of hydrogen-bond acceptors (Lipinski definition) is 3. The standard InChI is InChI=1S/C29H22Cl2N4O2/c30-21-12-10-20(11-13-21)18-35-27(16-19-6-2-1-3-7-19)33-25-15-14-22(17-23(25)28(35)36)32-29(37)34-26-9-5-4-8-24(26)31/h1-15,17H,16,18H2,(H2,32,34,37). The van der Waals surface area contributed by atoms with Crippen molar-refractivity contribution in [1.82, 2.24) is 9.55 Å². The van der Waals surface area contributed by atoms with Crippen LogP contribution < -0.4 is 16.2 Å². The van der Waals surface area contributed by atoms with Crippen LogP contribution in [0, 0.1) is 0 Å². The molecule has 37 heavy (non-hydrogen) atoms. The SMILES string of the molecule is O=C(Nc1ccc2nc(Cc3ccccc3)n(Cc3ccc(Cl)cc3)c(=O)c2c1)Nc1ccccc1Cl. The molecule has 0 aliphatic carbocycles. The third-order valence-electron chi connectivity index (χ3n) is 5.87. The fourth-order valence-corrected chi connectivity index (χ4v) is 4.35. The van der Waals surface area contributed by atoms with Gasteiger partial charge in [0.2, 0.25) is 0 Å². The number of carbonyl (C=O) groups excluding carboxylic acids is 1. The molecule has 0 spiro atoms. The maximum absolute atomic E-state index is 13.7. The molecule has 0 atom stereocenters. The molecule has 6 nitrogen and oxygen atoms in total. The van der Waals surface area contributed by atoms with Crippen LogP contribution >= 0.6 is 23.2 Å². The first-order valence-electron chi connectivity index (χ1n) is 11.6. The minimum Gasteiger partial charge on any atom is -0.308 e. The number of hydrogen-bond donors (Lipinski definition) is 2. The van der Waals surface area contributed by atoms with Crippen molar-refractivity contribution < 1.29 is 4.79 Å². The largest absolute Gasteiger partial charge is 0.323 e. The Bertz CT molecular complexity index is 1630. The van der Waals surface area contributed by atoms with Gasteiger partial charge in [-0.15, -0.1) is 0 Å². The van der Waals surface area contributed by atoms with Crippen molar-refractivity contribution in [2.75, 3.05) is 10.6 Å². The lowest BCUT2D eigenvalue weighted by molar-refractivity contribution is 0.262. The molecular formula is C29H22Cl2N4O2. The lowest BCUT2D eigenvalue weighted by atomic mass is 10.1. The number of anilines is 2. The second-order valence-electron chi connectivity index (χ2n) is 8.50. The van der Waals surface area contributed by atoms with E-state index in [1.54, 1.807) is 59.2 Å². The zero-order valence-corrected chi connectivity index (χ0v) is 21.1. The van der Waals surface area contributed by atoms with Gasteiger partial charge in [-0.1, -0.05) is 77.8 Å². The number of carbonyl (C=O) groups is 1. The zero-order valence-electron chi connectivity index (χ0n) is 19.6. The lowest BCUT2D eigenvalue weighted by Gasteiger charge is -2.15. The topological polar surface area (TPSA) is 76.0 Å². The molecular weight excluding hydrogens is 507 g/mol. The molecule has 0 saturated carbocycles. The van der Waals surface area contributed by atoms with E-state index in [0.29, 0.717) is 51.1 Å². The van der Waals surface area contributed by atoms with Gasteiger partial charge in [-0.05, 0) is 53.6 Å². The number of nitrogens with zero attached hydrogens (tertiary/aromatic N) is 2. The summed E-state index contributed by atoms with van der Waals surface area (Å²) in [5.41, 5.74) is 3.29. The summed E-state index contributed by atoms with van der Waals surface area (Å²) in [6.07, 6.45) is 0.500. The van der Waals surface area contributed by atoms with Gasteiger partial charge >= 0.3 is 6.03 Å². The van der Waals surface area contributed by atoms with Gasteiger partial charge in [0.15, 0.2) is 0 Å². The Hall–Kier alpha value is -4.13. The van der Waals surface area contributed by atoms with E-state index >= 15 is 0 Å². The van der Waals surface area contributed by atoms with E-state index in [9.17, 15) is 9.59 Å². The molecule has 0 aliphatic heterocycles. The second-order valence-corrected chi connectivity index (χ2v) is 9.34. The van der Waals surface area contributed by atoms with E-state index in [1.807, 2.05) is 42.5 Å². The summed E-state index contributed by atoms with van der Waals surface area (Å²) in [7, 11) is 0. The Morgan fingerprint density at radius 1 is 0.811 bits per heavy atom. The highest BCUT2D eigenvalue weighted by molar-refractivity contribution is 6.33. The molecule has 0 bridgehead atoms.